The summed E-state index contributed by atoms with van der Waals surface area (Å²) in [5.74, 6) is 0.648. The summed E-state index contributed by atoms with van der Waals surface area (Å²) in [4.78, 5) is 8.54. The van der Waals surface area contributed by atoms with Gasteiger partial charge in [0.25, 0.3) is 0 Å². The van der Waals surface area contributed by atoms with Crippen molar-refractivity contribution in [1.29, 1.82) is 0 Å². The van der Waals surface area contributed by atoms with Gasteiger partial charge in [-0.2, -0.15) is 5.10 Å². The molecule has 5 heteroatoms. The average molecular weight is 217 g/mol. The molecule has 2 aromatic rings. The molecule has 2 rings (SSSR count). The molecular formula is C11H15N5. The fourth-order valence-electron chi connectivity index (χ4n) is 1.79. The van der Waals surface area contributed by atoms with Crippen LogP contribution in [0.3, 0.4) is 0 Å². The first-order valence-electron chi connectivity index (χ1n) is 5.18. The number of nitrogen functional groups attached to an aromatic ring is 1. The maximum atomic E-state index is 5.88. The summed E-state index contributed by atoms with van der Waals surface area (Å²) >= 11 is 0. The highest BCUT2D eigenvalue weighted by Crippen LogP contribution is 2.20. The van der Waals surface area contributed by atoms with E-state index >= 15 is 0 Å². The molecule has 84 valence electrons. The van der Waals surface area contributed by atoms with Gasteiger partial charge in [0.2, 0.25) is 0 Å². The van der Waals surface area contributed by atoms with E-state index in [0.717, 1.165) is 17.1 Å². The van der Waals surface area contributed by atoms with Crippen LogP contribution in [0.4, 0.5) is 5.82 Å². The second-order valence-electron chi connectivity index (χ2n) is 3.86. The summed E-state index contributed by atoms with van der Waals surface area (Å²) in [5, 5.41) is 4.35. The molecule has 2 aromatic heterocycles. The van der Waals surface area contributed by atoms with Crippen LogP contribution in [0.1, 0.15) is 30.0 Å². The number of anilines is 1. The topological polar surface area (TPSA) is 69.6 Å². The minimum Gasteiger partial charge on any atom is -0.384 e. The van der Waals surface area contributed by atoms with Crippen molar-refractivity contribution in [3.05, 3.63) is 35.5 Å². The van der Waals surface area contributed by atoms with E-state index in [1.54, 1.807) is 17.1 Å². The number of aromatic nitrogens is 4. The SMILES string of the molecule is Cc1cc(N)n(C(C)c2nccnc2C)n1. The minimum absolute atomic E-state index is 0.00222. The van der Waals surface area contributed by atoms with E-state index in [0.29, 0.717) is 5.82 Å². The Balaban J connectivity index is 2.43. The van der Waals surface area contributed by atoms with Crippen LogP contribution < -0.4 is 5.73 Å². The third-order valence-corrected chi connectivity index (χ3v) is 2.57. The van der Waals surface area contributed by atoms with E-state index in [2.05, 4.69) is 15.1 Å². The van der Waals surface area contributed by atoms with Crippen molar-refractivity contribution < 1.29 is 0 Å². The Morgan fingerprint density at radius 3 is 2.50 bits per heavy atom. The Labute approximate surface area is 94.3 Å². The number of hydrogen-bond acceptors (Lipinski definition) is 4. The number of nitrogens with two attached hydrogens (primary N) is 1. The van der Waals surface area contributed by atoms with Crippen molar-refractivity contribution in [2.24, 2.45) is 0 Å². The van der Waals surface area contributed by atoms with Gasteiger partial charge >= 0.3 is 0 Å². The summed E-state index contributed by atoms with van der Waals surface area (Å²) in [5.41, 5.74) is 8.60. The molecular weight excluding hydrogens is 202 g/mol. The molecule has 2 N–H and O–H groups in total. The molecule has 0 amide bonds. The lowest BCUT2D eigenvalue weighted by Gasteiger charge is -2.14. The minimum atomic E-state index is 0.00222. The molecule has 5 nitrogen and oxygen atoms in total. The largest absolute Gasteiger partial charge is 0.384 e. The maximum Gasteiger partial charge on any atom is 0.122 e. The Morgan fingerprint density at radius 1 is 1.25 bits per heavy atom. The fraction of sp³-hybridized carbons (Fsp3) is 0.364. The lowest BCUT2D eigenvalue weighted by molar-refractivity contribution is 0.550. The van der Waals surface area contributed by atoms with Crippen LogP contribution in [0.2, 0.25) is 0 Å². The highest BCUT2D eigenvalue weighted by molar-refractivity contribution is 5.32. The van der Waals surface area contributed by atoms with Crippen LogP contribution in [0.15, 0.2) is 18.5 Å². The van der Waals surface area contributed by atoms with Crippen LogP contribution in [-0.2, 0) is 0 Å². The highest BCUT2D eigenvalue weighted by atomic mass is 15.3. The van der Waals surface area contributed by atoms with Gasteiger partial charge in [-0.1, -0.05) is 0 Å². The van der Waals surface area contributed by atoms with E-state index in [9.17, 15) is 0 Å². The quantitative estimate of drug-likeness (QED) is 0.827. The predicted molar refractivity (Wildman–Crippen MR) is 62.0 cm³/mol. The maximum absolute atomic E-state index is 5.88. The van der Waals surface area contributed by atoms with Gasteiger partial charge < -0.3 is 5.73 Å². The van der Waals surface area contributed by atoms with E-state index in [-0.39, 0.29) is 6.04 Å². The van der Waals surface area contributed by atoms with Crippen LogP contribution in [0, 0.1) is 13.8 Å². The van der Waals surface area contributed by atoms with Gasteiger partial charge in [-0.15, -0.1) is 0 Å². The van der Waals surface area contributed by atoms with E-state index < -0.39 is 0 Å². The van der Waals surface area contributed by atoms with Gasteiger partial charge in [0.1, 0.15) is 5.82 Å². The van der Waals surface area contributed by atoms with Gasteiger partial charge in [-0.25, -0.2) is 4.68 Å². The third-order valence-electron chi connectivity index (χ3n) is 2.57. The summed E-state index contributed by atoms with van der Waals surface area (Å²) < 4.78 is 1.77. The summed E-state index contributed by atoms with van der Waals surface area (Å²) in [6.07, 6.45) is 3.37. The first kappa shape index (κ1) is 10.6. The lowest BCUT2D eigenvalue weighted by Crippen LogP contribution is -2.14. The molecule has 16 heavy (non-hydrogen) atoms. The highest BCUT2D eigenvalue weighted by Gasteiger charge is 2.15. The Bertz CT molecular complexity index is 503. The van der Waals surface area contributed by atoms with Crippen LogP contribution in [0.5, 0.6) is 0 Å². The fourth-order valence-corrected chi connectivity index (χ4v) is 1.79. The van der Waals surface area contributed by atoms with E-state index in [4.69, 9.17) is 5.73 Å². The summed E-state index contributed by atoms with van der Waals surface area (Å²) in [7, 11) is 0. The Kier molecular flexibility index (Phi) is 2.60. The molecule has 1 unspecified atom stereocenters. The Morgan fingerprint density at radius 2 is 1.94 bits per heavy atom. The molecule has 0 aliphatic carbocycles. The molecule has 2 heterocycles. The third kappa shape index (κ3) is 1.76. The molecule has 0 aromatic carbocycles. The van der Waals surface area contributed by atoms with Gasteiger partial charge in [0, 0.05) is 18.5 Å². The lowest BCUT2D eigenvalue weighted by atomic mass is 10.2. The second kappa shape index (κ2) is 3.92. The van der Waals surface area contributed by atoms with Crippen molar-refractivity contribution in [2.45, 2.75) is 26.8 Å². The molecule has 0 saturated heterocycles. The van der Waals surface area contributed by atoms with Crippen LogP contribution in [0.25, 0.3) is 0 Å². The molecule has 0 spiro atoms. The first-order valence-corrected chi connectivity index (χ1v) is 5.18. The molecule has 0 fully saturated rings. The zero-order valence-electron chi connectivity index (χ0n) is 9.68. The monoisotopic (exact) mass is 217 g/mol. The van der Waals surface area contributed by atoms with Crippen molar-refractivity contribution in [1.82, 2.24) is 19.7 Å². The number of rotatable bonds is 2. The van der Waals surface area contributed by atoms with Crippen molar-refractivity contribution >= 4 is 5.82 Å². The standard InChI is InChI=1S/C11H15N5/c1-7-6-10(12)16(15-7)9(3)11-8(2)13-4-5-14-11/h4-6,9H,12H2,1-3H3. The van der Waals surface area contributed by atoms with Crippen molar-refractivity contribution in [3.8, 4) is 0 Å². The molecule has 0 aliphatic heterocycles. The van der Waals surface area contributed by atoms with Crippen molar-refractivity contribution in [3.63, 3.8) is 0 Å². The normalized spacial score (nSPS) is 12.7. The van der Waals surface area contributed by atoms with E-state index in [1.165, 1.54) is 0 Å². The molecule has 0 radical (unpaired) electrons. The van der Waals surface area contributed by atoms with Crippen molar-refractivity contribution in [2.75, 3.05) is 5.73 Å². The number of aryl methyl sites for hydroxylation is 2. The van der Waals surface area contributed by atoms with Gasteiger partial charge in [-0.3, -0.25) is 9.97 Å². The Hall–Kier alpha value is -1.91. The average Bonchev–Trinajstić information content (AvgIpc) is 2.58. The predicted octanol–water partition coefficient (Wildman–Crippen LogP) is 1.48. The molecule has 0 aliphatic rings. The zero-order chi connectivity index (χ0) is 11.7. The first-order chi connectivity index (χ1) is 7.59. The molecule has 1 atom stereocenters. The van der Waals surface area contributed by atoms with Gasteiger partial charge in [0.05, 0.1) is 23.1 Å². The smallest absolute Gasteiger partial charge is 0.122 e. The van der Waals surface area contributed by atoms with Crippen LogP contribution >= 0.6 is 0 Å². The molecule has 0 saturated carbocycles. The van der Waals surface area contributed by atoms with Gasteiger partial charge in [-0.05, 0) is 20.8 Å². The number of hydrogen-bond donors (Lipinski definition) is 1. The zero-order valence-corrected chi connectivity index (χ0v) is 9.68. The van der Waals surface area contributed by atoms with Gasteiger partial charge in [0.15, 0.2) is 0 Å². The van der Waals surface area contributed by atoms with E-state index in [1.807, 2.05) is 26.8 Å². The number of nitrogens with zero attached hydrogens (tertiary/aromatic N) is 4. The summed E-state index contributed by atoms with van der Waals surface area (Å²) in [6.45, 7) is 5.87. The van der Waals surface area contributed by atoms with Crippen LogP contribution in [-0.4, -0.2) is 19.7 Å². The second-order valence-corrected chi connectivity index (χ2v) is 3.86. The summed E-state index contributed by atoms with van der Waals surface area (Å²) in [6, 6.07) is 1.85. The molecule has 0 bridgehead atoms.